The lowest BCUT2D eigenvalue weighted by Crippen LogP contribution is -2.35. The fourth-order valence-corrected chi connectivity index (χ4v) is 2.41. The van der Waals surface area contributed by atoms with Crippen LogP contribution < -0.4 is 4.90 Å². The van der Waals surface area contributed by atoms with Crippen molar-refractivity contribution in [1.82, 2.24) is 9.55 Å². The molecule has 0 aromatic carbocycles. The molecular formula is C12H19N3O2. The van der Waals surface area contributed by atoms with Gasteiger partial charge in [-0.1, -0.05) is 0 Å². The highest BCUT2D eigenvalue weighted by molar-refractivity contribution is 5.66. The molecule has 5 heteroatoms. The number of anilines is 1. The lowest BCUT2D eigenvalue weighted by Gasteiger charge is -2.32. The van der Waals surface area contributed by atoms with Crippen molar-refractivity contribution in [1.29, 1.82) is 0 Å². The van der Waals surface area contributed by atoms with Crippen LogP contribution in [0.4, 0.5) is 5.95 Å². The summed E-state index contributed by atoms with van der Waals surface area (Å²) in [7, 11) is 2.00. The number of rotatable bonds is 4. The molecule has 17 heavy (non-hydrogen) atoms. The van der Waals surface area contributed by atoms with E-state index in [1.165, 1.54) is 0 Å². The Balaban J connectivity index is 1.82. The van der Waals surface area contributed by atoms with Crippen molar-refractivity contribution in [2.75, 3.05) is 18.0 Å². The average Bonchev–Trinajstić information content (AvgIpc) is 2.73. The summed E-state index contributed by atoms with van der Waals surface area (Å²) in [6.07, 6.45) is 7.01. The maximum Gasteiger partial charge on any atom is 0.303 e. The molecule has 1 aliphatic rings. The zero-order valence-corrected chi connectivity index (χ0v) is 10.2. The largest absolute Gasteiger partial charge is 0.481 e. The molecule has 1 N–H and O–H groups in total. The molecule has 0 aliphatic carbocycles. The van der Waals surface area contributed by atoms with Gasteiger partial charge in [0.1, 0.15) is 0 Å². The SMILES string of the molecule is Cn1ccnc1N1CCC(CCC(=O)O)CC1. The summed E-state index contributed by atoms with van der Waals surface area (Å²) in [5.74, 6) is 0.890. The molecule has 0 radical (unpaired) electrons. The molecule has 2 rings (SSSR count). The summed E-state index contributed by atoms with van der Waals surface area (Å²) in [5, 5.41) is 8.66. The molecule has 1 aromatic rings. The normalized spacial score (nSPS) is 17.4. The third-order valence-corrected chi connectivity index (χ3v) is 3.46. The number of aliphatic carboxylic acids is 1. The first-order valence-corrected chi connectivity index (χ1v) is 6.11. The van der Waals surface area contributed by atoms with Gasteiger partial charge in [-0.3, -0.25) is 4.79 Å². The van der Waals surface area contributed by atoms with Crippen LogP contribution in [0.2, 0.25) is 0 Å². The van der Waals surface area contributed by atoms with Crippen LogP contribution in [-0.2, 0) is 11.8 Å². The first kappa shape index (κ1) is 12.0. The van der Waals surface area contributed by atoms with Crippen molar-refractivity contribution in [3.8, 4) is 0 Å². The highest BCUT2D eigenvalue weighted by Crippen LogP contribution is 2.24. The molecule has 0 atom stereocenters. The highest BCUT2D eigenvalue weighted by atomic mass is 16.4. The Labute approximate surface area is 101 Å². The number of aryl methyl sites for hydroxylation is 1. The molecule has 0 unspecified atom stereocenters. The number of carboxylic acids is 1. The fourth-order valence-electron chi connectivity index (χ4n) is 2.41. The quantitative estimate of drug-likeness (QED) is 0.862. The Morgan fingerprint density at radius 1 is 1.53 bits per heavy atom. The number of piperidine rings is 1. The standard InChI is InChI=1S/C12H19N3O2/c1-14-9-6-13-12(14)15-7-4-10(5-8-15)2-3-11(16)17/h6,9-10H,2-5,7-8H2,1H3,(H,16,17). The van der Waals surface area contributed by atoms with Crippen molar-refractivity contribution in [3.63, 3.8) is 0 Å². The number of carbonyl (C=O) groups is 1. The van der Waals surface area contributed by atoms with Crippen LogP contribution in [0.3, 0.4) is 0 Å². The molecule has 0 saturated carbocycles. The van der Waals surface area contributed by atoms with E-state index in [1.54, 1.807) is 0 Å². The van der Waals surface area contributed by atoms with Gasteiger partial charge >= 0.3 is 5.97 Å². The van der Waals surface area contributed by atoms with Crippen LogP contribution in [0.1, 0.15) is 25.7 Å². The van der Waals surface area contributed by atoms with Crippen LogP contribution in [0.5, 0.6) is 0 Å². The lowest BCUT2D eigenvalue weighted by molar-refractivity contribution is -0.137. The van der Waals surface area contributed by atoms with E-state index < -0.39 is 5.97 Å². The second-order valence-electron chi connectivity index (χ2n) is 4.70. The van der Waals surface area contributed by atoms with E-state index in [4.69, 9.17) is 5.11 Å². The summed E-state index contributed by atoms with van der Waals surface area (Å²) in [6, 6.07) is 0. The van der Waals surface area contributed by atoms with Gasteiger partial charge in [0.15, 0.2) is 0 Å². The van der Waals surface area contributed by atoms with E-state index in [9.17, 15) is 4.79 Å². The maximum atomic E-state index is 10.5. The van der Waals surface area contributed by atoms with Gasteiger partial charge < -0.3 is 14.6 Å². The summed E-state index contributed by atoms with van der Waals surface area (Å²) >= 11 is 0. The van der Waals surface area contributed by atoms with Gasteiger partial charge in [0.2, 0.25) is 5.95 Å². The Morgan fingerprint density at radius 2 is 2.24 bits per heavy atom. The number of carboxylic acid groups (broad SMARTS) is 1. The molecule has 0 bridgehead atoms. The van der Waals surface area contributed by atoms with E-state index in [2.05, 4.69) is 9.88 Å². The van der Waals surface area contributed by atoms with Crippen molar-refractivity contribution in [3.05, 3.63) is 12.4 Å². The fraction of sp³-hybridized carbons (Fsp3) is 0.667. The highest BCUT2D eigenvalue weighted by Gasteiger charge is 2.21. The van der Waals surface area contributed by atoms with Gasteiger partial charge in [-0.25, -0.2) is 4.98 Å². The van der Waals surface area contributed by atoms with E-state index in [1.807, 2.05) is 24.0 Å². The molecule has 94 valence electrons. The minimum Gasteiger partial charge on any atom is -0.481 e. The minimum atomic E-state index is -0.684. The monoisotopic (exact) mass is 237 g/mol. The summed E-state index contributed by atoms with van der Waals surface area (Å²) in [6.45, 7) is 1.96. The zero-order valence-electron chi connectivity index (χ0n) is 10.2. The zero-order chi connectivity index (χ0) is 12.3. The van der Waals surface area contributed by atoms with Gasteiger partial charge in [0.25, 0.3) is 0 Å². The van der Waals surface area contributed by atoms with Crippen LogP contribution in [0.25, 0.3) is 0 Å². The van der Waals surface area contributed by atoms with Crippen molar-refractivity contribution in [2.24, 2.45) is 13.0 Å². The Bertz CT molecular complexity index is 381. The predicted molar refractivity (Wildman–Crippen MR) is 65.0 cm³/mol. The Morgan fingerprint density at radius 3 is 2.76 bits per heavy atom. The number of imidazole rings is 1. The summed E-state index contributed by atoms with van der Waals surface area (Å²) in [4.78, 5) is 17.1. The molecule has 1 aromatic heterocycles. The van der Waals surface area contributed by atoms with E-state index in [-0.39, 0.29) is 0 Å². The molecule has 0 amide bonds. The van der Waals surface area contributed by atoms with Crippen molar-refractivity contribution < 1.29 is 9.90 Å². The number of hydrogen-bond acceptors (Lipinski definition) is 3. The average molecular weight is 237 g/mol. The van der Waals surface area contributed by atoms with Crippen LogP contribution in [0.15, 0.2) is 12.4 Å². The van der Waals surface area contributed by atoms with Crippen LogP contribution >= 0.6 is 0 Å². The predicted octanol–water partition coefficient (Wildman–Crippen LogP) is 1.50. The number of hydrogen-bond donors (Lipinski definition) is 1. The van der Waals surface area contributed by atoms with Gasteiger partial charge in [-0.15, -0.1) is 0 Å². The van der Waals surface area contributed by atoms with Gasteiger partial charge in [0, 0.05) is 39.0 Å². The molecule has 2 heterocycles. The van der Waals surface area contributed by atoms with Gasteiger partial charge in [-0.2, -0.15) is 0 Å². The molecule has 1 saturated heterocycles. The molecule has 0 spiro atoms. The Kier molecular flexibility index (Phi) is 3.66. The lowest BCUT2D eigenvalue weighted by atomic mass is 9.92. The second kappa shape index (κ2) is 5.21. The van der Waals surface area contributed by atoms with E-state index >= 15 is 0 Å². The smallest absolute Gasteiger partial charge is 0.303 e. The number of aromatic nitrogens is 2. The second-order valence-corrected chi connectivity index (χ2v) is 4.70. The van der Waals surface area contributed by atoms with Gasteiger partial charge in [0.05, 0.1) is 0 Å². The third-order valence-electron chi connectivity index (χ3n) is 3.46. The molecular weight excluding hydrogens is 218 g/mol. The minimum absolute atomic E-state index is 0.299. The van der Waals surface area contributed by atoms with E-state index in [0.717, 1.165) is 38.3 Å². The van der Waals surface area contributed by atoms with Crippen molar-refractivity contribution >= 4 is 11.9 Å². The maximum absolute atomic E-state index is 10.5. The first-order chi connectivity index (χ1) is 8.16. The Hall–Kier alpha value is -1.52. The summed E-state index contributed by atoms with van der Waals surface area (Å²) < 4.78 is 2.03. The van der Waals surface area contributed by atoms with Crippen molar-refractivity contribution in [2.45, 2.75) is 25.7 Å². The van der Waals surface area contributed by atoms with Gasteiger partial charge in [-0.05, 0) is 25.2 Å². The van der Waals surface area contributed by atoms with Crippen LogP contribution in [0, 0.1) is 5.92 Å². The molecule has 1 fully saturated rings. The third kappa shape index (κ3) is 2.99. The molecule has 5 nitrogen and oxygen atoms in total. The first-order valence-electron chi connectivity index (χ1n) is 6.11. The summed E-state index contributed by atoms with van der Waals surface area (Å²) in [5.41, 5.74) is 0. The topological polar surface area (TPSA) is 58.4 Å². The van der Waals surface area contributed by atoms with E-state index in [0.29, 0.717) is 12.3 Å². The number of nitrogens with zero attached hydrogens (tertiary/aromatic N) is 3. The molecule has 1 aliphatic heterocycles. The van der Waals surface area contributed by atoms with Crippen LogP contribution in [-0.4, -0.2) is 33.7 Å².